The summed E-state index contributed by atoms with van der Waals surface area (Å²) in [5.74, 6) is 0.159. The molecule has 0 aliphatic carbocycles. The van der Waals surface area contributed by atoms with Crippen molar-refractivity contribution >= 4 is 26.0 Å². The zero-order valence-electron chi connectivity index (χ0n) is 11.1. The van der Waals surface area contributed by atoms with Gasteiger partial charge in [0.2, 0.25) is 10.0 Å². The minimum atomic E-state index is -3.73. The maximum Gasteiger partial charge on any atom is 0.238 e. The number of primary sulfonamides is 1. The Kier molecular flexibility index (Phi) is 4.65. The van der Waals surface area contributed by atoms with Gasteiger partial charge in [-0.25, -0.2) is 17.9 Å². The monoisotopic (exact) mass is 373 g/mol. The van der Waals surface area contributed by atoms with Gasteiger partial charge in [0.1, 0.15) is 18.2 Å². The molecule has 0 unspecified atom stereocenters. The second kappa shape index (κ2) is 6.13. The average molecular weight is 374 g/mol. The van der Waals surface area contributed by atoms with Crippen LogP contribution in [-0.2, 0) is 16.6 Å². The SMILES string of the molecule is Cc1cc(S(N)(=O)=O)ccc1OCc1cc(F)cc(Br)c1. The third-order valence-corrected chi connectivity index (χ3v) is 4.16. The summed E-state index contributed by atoms with van der Waals surface area (Å²) >= 11 is 3.21. The van der Waals surface area contributed by atoms with E-state index in [9.17, 15) is 12.8 Å². The van der Waals surface area contributed by atoms with Crippen LogP contribution in [0.1, 0.15) is 11.1 Å². The Balaban J connectivity index is 2.17. The van der Waals surface area contributed by atoms with Gasteiger partial charge < -0.3 is 4.74 Å². The minimum Gasteiger partial charge on any atom is -0.489 e. The molecule has 112 valence electrons. The Morgan fingerprint density at radius 3 is 2.52 bits per heavy atom. The van der Waals surface area contributed by atoms with Gasteiger partial charge in [0.15, 0.2) is 0 Å². The fourth-order valence-electron chi connectivity index (χ4n) is 1.82. The molecular formula is C14H13BrFNO3S. The van der Waals surface area contributed by atoms with Crippen LogP contribution in [-0.4, -0.2) is 8.42 Å². The molecule has 2 aromatic carbocycles. The number of hydrogen-bond donors (Lipinski definition) is 1. The Morgan fingerprint density at radius 2 is 1.95 bits per heavy atom. The summed E-state index contributed by atoms with van der Waals surface area (Å²) in [6.45, 7) is 1.89. The predicted octanol–water partition coefficient (Wildman–Crippen LogP) is 3.12. The highest BCUT2D eigenvalue weighted by molar-refractivity contribution is 9.10. The van der Waals surface area contributed by atoms with E-state index in [1.165, 1.54) is 30.3 Å². The predicted molar refractivity (Wildman–Crippen MR) is 81.0 cm³/mol. The van der Waals surface area contributed by atoms with E-state index in [1.54, 1.807) is 13.0 Å². The lowest BCUT2D eigenvalue weighted by molar-refractivity contribution is 0.303. The summed E-state index contributed by atoms with van der Waals surface area (Å²) < 4.78 is 41.9. The molecule has 2 N–H and O–H groups in total. The fraction of sp³-hybridized carbons (Fsp3) is 0.143. The molecule has 0 aliphatic heterocycles. The number of benzene rings is 2. The molecule has 4 nitrogen and oxygen atoms in total. The summed E-state index contributed by atoms with van der Waals surface area (Å²) in [5, 5.41) is 5.06. The van der Waals surface area contributed by atoms with E-state index in [4.69, 9.17) is 9.88 Å². The van der Waals surface area contributed by atoms with Crippen molar-refractivity contribution < 1.29 is 17.5 Å². The number of halogens is 2. The number of hydrogen-bond acceptors (Lipinski definition) is 3. The standard InChI is InChI=1S/C14H13BrFNO3S/c1-9-4-13(21(17,18)19)2-3-14(9)20-8-10-5-11(15)7-12(16)6-10/h2-7H,8H2,1H3,(H2,17,18,19). The highest BCUT2D eigenvalue weighted by Gasteiger charge is 2.10. The summed E-state index contributed by atoms with van der Waals surface area (Å²) in [7, 11) is -3.73. The Hall–Kier alpha value is -1.44. The lowest BCUT2D eigenvalue weighted by atomic mass is 10.2. The van der Waals surface area contributed by atoms with Crippen molar-refractivity contribution in [3.05, 3.63) is 57.8 Å². The second-order valence-electron chi connectivity index (χ2n) is 4.54. The van der Waals surface area contributed by atoms with Gasteiger partial charge in [-0.05, 0) is 54.4 Å². The van der Waals surface area contributed by atoms with Crippen molar-refractivity contribution in [2.75, 3.05) is 0 Å². The molecule has 0 bridgehead atoms. The van der Waals surface area contributed by atoms with Gasteiger partial charge in [-0.1, -0.05) is 15.9 Å². The maximum atomic E-state index is 13.3. The molecule has 0 atom stereocenters. The highest BCUT2D eigenvalue weighted by atomic mass is 79.9. The Morgan fingerprint density at radius 1 is 1.24 bits per heavy atom. The zero-order chi connectivity index (χ0) is 15.6. The van der Waals surface area contributed by atoms with Crippen molar-refractivity contribution in [2.24, 2.45) is 5.14 Å². The van der Waals surface area contributed by atoms with Crippen molar-refractivity contribution in [2.45, 2.75) is 18.4 Å². The third-order valence-electron chi connectivity index (χ3n) is 2.79. The minimum absolute atomic E-state index is 0.0286. The number of sulfonamides is 1. The summed E-state index contributed by atoms with van der Waals surface area (Å²) in [4.78, 5) is 0.0286. The van der Waals surface area contributed by atoms with E-state index in [-0.39, 0.29) is 17.3 Å². The van der Waals surface area contributed by atoms with Gasteiger partial charge in [0.25, 0.3) is 0 Å². The molecule has 0 fully saturated rings. The molecular weight excluding hydrogens is 361 g/mol. The van der Waals surface area contributed by atoms with E-state index < -0.39 is 10.0 Å². The van der Waals surface area contributed by atoms with E-state index in [2.05, 4.69) is 15.9 Å². The second-order valence-corrected chi connectivity index (χ2v) is 7.02. The molecule has 7 heteroatoms. The normalized spacial score (nSPS) is 11.4. The van der Waals surface area contributed by atoms with Gasteiger partial charge in [0.05, 0.1) is 4.90 Å². The van der Waals surface area contributed by atoms with Crippen molar-refractivity contribution in [1.82, 2.24) is 0 Å². The zero-order valence-corrected chi connectivity index (χ0v) is 13.5. The number of ether oxygens (including phenoxy) is 1. The van der Waals surface area contributed by atoms with E-state index in [0.717, 1.165) is 0 Å². The van der Waals surface area contributed by atoms with Crippen molar-refractivity contribution in [1.29, 1.82) is 0 Å². The van der Waals surface area contributed by atoms with Crippen LogP contribution in [0, 0.1) is 12.7 Å². The lowest BCUT2D eigenvalue weighted by Gasteiger charge is -2.10. The van der Waals surface area contributed by atoms with Crippen LogP contribution in [0.5, 0.6) is 5.75 Å². The number of aryl methyl sites for hydroxylation is 1. The first-order chi connectivity index (χ1) is 9.75. The lowest BCUT2D eigenvalue weighted by Crippen LogP contribution is -2.12. The topological polar surface area (TPSA) is 69.4 Å². The van der Waals surface area contributed by atoms with E-state index in [0.29, 0.717) is 21.3 Å². The molecule has 0 aliphatic rings. The first kappa shape index (κ1) is 15.9. The molecule has 0 spiro atoms. The average Bonchev–Trinajstić information content (AvgIpc) is 2.35. The number of nitrogens with two attached hydrogens (primary N) is 1. The van der Waals surface area contributed by atoms with Gasteiger partial charge in [0, 0.05) is 4.47 Å². The molecule has 0 heterocycles. The quantitative estimate of drug-likeness (QED) is 0.894. The fourth-order valence-corrected chi connectivity index (χ4v) is 2.93. The van der Waals surface area contributed by atoms with Crippen LogP contribution >= 0.6 is 15.9 Å². The number of rotatable bonds is 4. The summed E-state index contributed by atoms with van der Waals surface area (Å²) in [5.41, 5.74) is 1.30. The van der Waals surface area contributed by atoms with E-state index in [1.807, 2.05) is 0 Å². The van der Waals surface area contributed by atoms with Crippen LogP contribution in [0.2, 0.25) is 0 Å². The summed E-state index contributed by atoms with van der Waals surface area (Å²) in [6, 6.07) is 8.82. The van der Waals surface area contributed by atoms with Gasteiger partial charge in [-0.3, -0.25) is 0 Å². The Bertz CT molecular complexity index is 758. The molecule has 0 saturated heterocycles. The molecule has 0 aromatic heterocycles. The maximum absolute atomic E-state index is 13.3. The molecule has 2 rings (SSSR count). The summed E-state index contributed by atoms with van der Waals surface area (Å²) in [6.07, 6.45) is 0. The highest BCUT2D eigenvalue weighted by Crippen LogP contribution is 2.23. The molecule has 0 amide bonds. The van der Waals surface area contributed by atoms with Crippen LogP contribution in [0.25, 0.3) is 0 Å². The van der Waals surface area contributed by atoms with Gasteiger partial charge in [-0.15, -0.1) is 0 Å². The van der Waals surface area contributed by atoms with Crippen molar-refractivity contribution in [3.8, 4) is 5.75 Å². The van der Waals surface area contributed by atoms with Crippen LogP contribution in [0.3, 0.4) is 0 Å². The first-order valence-corrected chi connectivity index (χ1v) is 8.31. The molecule has 2 aromatic rings. The van der Waals surface area contributed by atoms with Crippen molar-refractivity contribution in [3.63, 3.8) is 0 Å². The molecule has 0 radical (unpaired) electrons. The first-order valence-electron chi connectivity index (χ1n) is 5.97. The van der Waals surface area contributed by atoms with Gasteiger partial charge in [-0.2, -0.15) is 0 Å². The molecule has 21 heavy (non-hydrogen) atoms. The van der Waals surface area contributed by atoms with Crippen LogP contribution in [0.15, 0.2) is 45.8 Å². The molecule has 0 saturated carbocycles. The van der Waals surface area contributed by atoms with E-state index >= 15 is 0 Å². The van der Waals surface area contributed by atoms with Crippen LogP contribution in [0.4, 0.5) is 4.39 Å². The largest absolute Gasteiger partial charge is 0.489 e. The van der Waals surface area contributed by atoms with Crippen LogP contribution < -0.4 is 9.88 Å². The third kappa shape index (κ3) is 4.26. The smallest absolute Gasteiger partial charge is 0.238 e. The Labute approximate surface area is 130 Å². The van der Waals surface area contributed by atoms with Gasteiger partial charge >= 0.3 is 0 Å².